The van der Waals surface area contributed by atoms with Crippen LogP contribution in [0.25, 0.3) is 0 Å². The third-order valence-electron chi connectivity index (χ3n) is 3.24. The van der Waals surface area contributed by atoms with Crippen molar-refractivity contribution >= 4 is 5.84 Å². The zero-order valence-corrected chi connectivity index (χ0v) is 11.1. The van der Waals surface area contributed by atoms with Crippen LogP contribution in [0.15, 0.2) is 18.2 Å². The van der Waals surface area contributed by atoms with Gasteiger partial charge in [-0.05, 0) is 25.6 Å². The second kappa shape index (κ2) is 5.40. The predicted octanol–water partition coefficient (Wildman–Crippen LogP) is 1.56. The Morgan fingerprint density at radius 2 is 2.33 bits per heavy atom. The molecule has 1 aromatic carbocycles. The van der Waals surface area contributed by atoms with Crippen LogP contribution in [0.5, 0.6) is 5.75 Å². The molecule has 0 aromatic heterocycles. The number of nitrogens with zero attached hydrogens (tertiary/aromatic N) is 1. The summed E-state index contributed by atoms with van der Waals surface area (Å²) in [6, 6.07) is 6.34. The Hall–Kier alpha value is -1.55. The van der Waals surface area contributed by atoms with Gasteiger partial charge in [0.05, 0.1) is 5.84 Å². The van der Waals surface area contributed by atoms with Gasteiger partial charge in [0.25, 0.3) is 0 Å². The van der Waals surface area contributed by atoms with Crippen molar-refractivity contribution in [2.24, 2.45) is 5.73 Å². The van der Waals surface area contributed by atoms with E-state index in [-0.39, 0.29) is 11.9 Å². The number of hydrogen-bond acceptors (Lipinski definition) is 3. The third-order valence-corrected chi connectivity index (χ3v) is 3.24. The molecule has 0 fully saturated rings. The lowest BCUT2D eigenvalue weighted by molar-refractivity contribution is 0.170. The van der Waals surface area contributed by atoms with E-state index >= 15 is 0 Å². The highest BCUT2D eigenvalue weighted by molar-refractivity contribution is 5.76. The zero-order chi connectivity index (χ0) is 13.1. The molecule has 0 aliphatic carbocycles. The molecule has 4 nitrogen and oxygen atoms in total. The monoisotopic (exact) mass is 247 g/mol. The molecule has 0 amide bonds. The average Bonchev–Trinajstić information content (AvgIpc) is 2.67. The quantitative estimate of drug-likeness (QED) is 0.613. The lowest BCUT2D eigenvalue weighted by atomic mass is 10.1. The summed E-state index contributed by atoms with van der Waals surface area (Å²) in [6.07, 6.45) is 1.82. The maximum Gasteiger partial charge on any atom is 0.123 e. The summed E-state index contributed by atoms with van der Waals surface area (Å²) < 4.78 is 5.91. The topological polar surface area (TPSA) is 62.3 Å². The number of ether oxygens (including phenoxy) is 1. The largest absolute Gasteiger partial charge is 0.488 e. The third kappa shape index (κ3) is 3.23. The first-order valence-electron chi connectivity index (χ1n) is 6.32. The summed E-state index contributed by atoms with van der Waals surface area (Å²) in [6.45, 7) is 3.79. The molecule has 0 spiro atoms. The summed E-state index contributed by atoms with van der Waals surface area (Å²) in [4.78, 5) is 2.17. The molecule has 1 atom stereocenters. The van der Waals surface area contributed by atoms with Crippen LogP contribution in [-0.4, -0.2) is 37.0 Å². The normalized spacial score (nSPS) is 17.6. The van der Waals surface area contributed by atoms with E-state index in [4.69, 9.17) is 15.9 Å². The van der Waals surface area contributed by atoms with Crippen LogP contribution >= 0.6 is 0 Å². The van der Waals surface area contributed by atoms with E-state index in [1.165, 1.54) is 11.1 Å². The van der Waals surface area contributed by atoms with Gasteiger partial charge in [0.2, 0.25) is 0 Å². The average molecular weight is 247 g/mol. The first-order valence-corrected chi connectivity index (χ1v) is 6.32. The van der Waals surface area contributed by atoms with Crippen molar-refractivity contribution in [1.29, 1.82) is 5.41 Å². The van der Waals surface area contributed by atoms with Crippen molar-refractivity contribution in [2.75, 3.05) is 20.1 Å². The molecule has 0 saturated heterocycles. The highest BCUT2D eigenvalue weighted by atomic mass is 16.5. The van der Waals surface area contributed by atoms with Crippen LogP contribution in [0.3, 0.4) is 0 Å². The molecule has 98 valence electrons. The fraction of sp³-hybridized carbons (Fsp3) is 0.500. The first kappa shape index (κ1) is 12.9. The number of nitrogens with one attached hydrogen (secondary N) is 1. The Kier molecular flexibility index (Phi) is 3.87. The number of fused-ring (bicyclic) bond motifs is 1. The summed E-state index contributed by atoms with van der Waals surface area (Å²) >= 11 is 0. The van der Waals surface area contributed by atoms with Gasteiger partial charge < -0.3 is 15.4 Å². The molecule has 1 heterocycles. The van der Waals surface area contributed by atoms with E-state index in [1.807, 2.05) is 7.05 Å². The number of rotatable bonds is 5. The van der Waals surface area contributed by atoms with Gasteiger partial charge in [-0.1, -0.05) is 17.7 Å². The van der Waals surface area contributed by atoms with E-state index in [2.05, 4.69) is 30.0 Å². The van der Waals surface area contributed by atoms with Crippen molar-refractivity contribution in [3.63, 3.8) is 0 Å². The summed E-state index contributed by atoms with van der Waals surface area (Å²) in [5.41, 5.74) is 7.95. The van der Waals surface area contributed by atoms with Crippen LogP contribution in [0.1, 0.15) is 17.5 Å². The molecule has 1 aliphatic heterocycles. The van der Waals surface area contributed by atoms with Gasteiger partial charge in [0.15, 0.2) is 0 Å². The van der Waals surface area contributed by atoms with E-state index in [9.17, 15) is 0 Å². The zero-order valence-electron chi connectivity index (χ0n) is 11.1. The Labute approximate surface area is 108 Å². The van der Waals surface area contributed by atoms with Crippen LogP contribution in [0, 0.1) is 12.3 Å². The smallest absolute Gasteiger partial charge is 0.123 e. The number of amidine groups is 1. The van der Waals surface area contributed by atoms with Gasteiger partial charge in [-0.25, -0.2) is 0 Å². The molecule has 1 aromatic rings. The number of hydrogen-bond donors (Lipinski definition) is 2. The van der Waals surface area contributed by atoms with E-state index in [0.29, 0.717) is 6.42 Å². The van der Waals surface area contributed by atoms with Crippen molar-refractivity contribution in [3.8, 4) is 5.75 Å². The minimum atomic E-state index is 0.221. The van der Waals surface area contributed by atoms with E-state index in [0.717, 1.165) is 25.3 Å². The minimum Gasteiger partial charge on any atom is -0.488 e. The molecule has 4 heteroatoms. The Bertz CT molecular complexity index is 445. The molecule has 1 aliphatic rings. The van der Waals surface area contributed by atoms with Crippen LogP contribution in [0.2, 0.25) is 0 Å². The number of aryl methyl sites for hydroxylation is 1. The van der Waals surface area contributed by atoms with Gasteiger partial charge in [0, 0.05) is 25.9 Å². The minimum absolute atomic E-state index is 0.221. The Morgan fingerprint density at radius 1 is 1.56 bits per heavy atom. The molecule has 1 unspecified atom stereocenters. The lowest BCUT2D eigenvalue weighted by Crippen LogP contribution is -2.34. The van der Waals surface area contributed by atoms with E-state index < -0.39 is 0 Å². The van der Waals surface area contributed by atoms with Crippen LogP contribution in [0.4, 0.5) is 0 Å². The van der Waals surface area contributed by atoms with Gasteiger partial charge >= 0.3 is 0 Å². The van der Waals surface area contributed by atoms with Crippen molar-refractivity contribution in [1.82, 2.24) is 4.90 Å². The molecule has 0 saturated carbocycles. The van der Waals surface area contributed by atoms with Crippen molar-refractivity contribution in [2.45, 2.75) is 25.9 Å². The molecule has 0 bridgehead atoms. The molecule has 18 heavy (non-hydrogen) atoms. The summed E-state index contributed by atoms with van der Waals surface area (Å²) in [5.74, 6) is 1.26. The molecular weight excluding hydrogens is 226 g/mol. The van der Waals surface area contributed by atoms with Crippen LogP contribution in [-0.2, 0) is 6.42 Å². The highest BCUT2D eigenvalue weighted by Crippen LogP contribution is 2.29. The Morgan fingerprint density at radius 3 is 3.06 bits per heavy atom. The predicted molar refractivity (Wildman–Crippen MR) is 73.3 cm³/mol. The fourth-order valence-corrected chi connectivity index (χ4v) is 2.30. The Balaban J connectivity index is 1.85. The standard InChI is InChI=1S/C14H21N3O/c1-10-3-4-13-11(7-10)8-12(18-13)9-17(2)6-5-14(15)16/h3-4,7,12H,5-6,8-9H2,1-2H3,(H3,15,16). The summed E-state index contributed by atoms with van der Waals surface area (Å²) in [7, 11) is 2.04. The second-order valence-corrected chi connectivity index (χ2v) is 5.09. The van der Waals surface area contributed by atoms with E-state index in [1.54, 1.807) is 0 Å². The van der Waals surface area contributed by atoms with Crippen molar-refractivity contribution in [3.05, 3.63) is 29.3 Å². The maximum atomic E-state index is 7.22. The molecule has 0 radical (unpaired) electrons. The summed E-state index contributed by atoms with van der Waals surface area (Å²) in [5, 5.41) is 7.22. The first-order chi connectivity index (χ1) is 8.54. The van der Waals surface area contributed by atoms with Gasteiger partial charge in [0.1, 0.15) is 11.9 Å². The van der Waals surface area contributed by atoms with Gasteiger partial charge in [-0.15, -0.1) is 0 Å². The van der Waals surface area contributed by atoms with Crippen molar-refractivity contribution < 1.29 is 4.74 Å². The van der Waals surface area contributed by atoms with Crippen LogP contribution < -0.4 is 10.5 Å². The molecule has 3 N–H and O–H groups in total. The number of nitrogens with two attached hydrogens (primary N) is 1. The number of benzene rings is 1. The second-order valence-electron chi connectivity index (χ2n) is 5.09. The number of likely N-dealkylation sites (N-methyl/N-ethyl adjacent to an activating group) is 1. The lowest BCUT2D eigenvalue weighted by Gasteiger charge is -2.20. The van der Waals surface area contributed by atoms with Gasteiger partial charge in [-0.3, -0.25) is 5.41 Å². The van der Waals surface area contributed by atoms with Gasteiger partial charge in [-0.2, -0.15) is 0 Å². The SMILES string of the molecule is Cc1ccc2c(c1)CC(CN(C)CCC(=N)N)O2. The maximum absolute atomic E-state index is 7.22. The molecule has 2 rings (SSSR count). The fourth-order valence-electron chi connectivity index (χ4n) is 2.30. The molecular formula is C14H21N3O. The highest BCUT2D eigenvalue weighted by Gasteiger charge is 2.23.